The Kier molecular flexibility index (Phi) is 3.58. The highest BCUT2D eigenvalue weighted by molar-refractivity contribution is 9.10. The smallest absolute Gasteiger partial charge is 0.256 e. The van der Waals surface area contributed by atoms with Gasteiger partial charge in [-0.05, 0) is 17.7 Å². The highest BCUT2D eigenvalue weighted by Crippen LogP contribution is 2.22. The third kappa shape index (κ3) is 2.48. The van der Waals surface area contributed by atoms with Crippen LogP contribution in [0.25, 0.3) is 0 Å². The van der Waals surface area contributed by atoms with Crippen molar-refractivity contribution >= 4 is 21.8 Å². The predicted octanol–water partition coefficient (Wildman–Crippen LogP) is 1.79. The summed E-state index contributed by atoms with van der Waals surface area (Å²) in [7, 11) is 0. The molecule has 0 radical (unpaired) electrons. The van der Waals surface area contributed by atoms with E-state index in [1.807, 2.05) is 12.1 Å². The molecule has 1 amide bonds. The Morgan fingerprint density at radius 2 is 2.15 bits per heavy atom. The van der Waals surface area contributed by atoms with Crippen LogP contribution in [-0.2, 0) is 17.8 Å². The van der Waals surface area contributed by atoms with E-state index in [1.54, 1.807) is 23.2 Å². The van der Waals surface area contributed by atoms with Crippen molar-refractivity contribution in [3.63, 3.8) is 0 Å². The van der Waals surface area contributed by atoms with Gasteiger partial charge in [-0.2, -0.15) is 5.10 Å². The third-order valence-corrected chi connectivity index (χ3v) is 4.06. The molecule has 1 aliphatic rings. The van der Waals surface area contributed by atoms with E-state index in [-0.39, 0.29) is 5.91 Å². The van der Waals surface area contributed by atoms with Crippen molar-refractivity contribution < 1.29 is 9.90 Å². The Morgan fingerprint density at radius 1 is 1.40 bits per heavy atom. The van der Waals surface area contributed by atoms with Crippen LogP contribution < -0.4 is 0 Å². The van der Waals surface area contributed by atoms with Crippen LogP contribution in [0, 0.1) is 0 Å². The van der Waals surface area contributed by atoms with Gasteiger partial charge in [0.05, 0.1) is 6.20 Å². The number of aromatic amines is 1. The number of H-pyrrole nitrogens is 1. The van der Waals surface area contributed by atoms with Gasteiger partial charge < -0.3 is 10.0 Å². The minimum atomic E-state index is -1.11. The van der Waals surface area contributed by atoms with Gasteiger partial charge in [0.25, 0.3) is 5.91 Å². The second kappa shape index (κ2) is 5.38. The standard InChI is InChI=1S/C14H14BrN3O2/c15-11-3-1-9(2-4-11)13(19)14(20)18-6-5-12-10(8-18)7-16-17-12/h1-4,7,13,19H,5-6,8H2,(H,16,17). The number of amides is 1. The number of benzene rings is 1. The Labute approximate surface area is 124 Å². The summed E-state index contributed by atoms with van der Waals surface area (Å²) in [4.78, 5) is 14.0. The minimum Gasteiger partial charge on any atom is -0.378 e. The van der Waals surface area contributed by atoms with Crippen LogP contribution in [0.5, 0.6) is 0 Å². The van der Waals surface area contributed by atoms with Crippen molar-refractivity contribution in [2.24, 2.45) is 0 Å². The number of rotatable bonds is 2. The molecule has 2 aromatic rings. The molecule has 0 saturated carbocycles. The Bertz CT molecular complexity index is 624. The Balaban J connectivity index is 1.74. The number of nitrogens with zero attached hydrogens (tertiary/aromatic N) is 2. The number of carbonyl (C=O) groups is 1. The maximum absolute atomic E-state index is 12.3. The summed E-state index contributed by atoms with van der Waals surface area (Å²) in [5.74, 6) is -0.265. The lowest BCUT2D eigenvalue weighted by Gasteiger charge is -2.28. The summed E-state index contributed by atoms with van der Waals surface area (Å²) in [6.07, 6.45) is 1.37. The zero-order chi connectivity index (χ0) is 14.1. The second-order valence-corrected chi connectivity index (χ2v) is 5.75. The number of hydrogen-bond donors (Lipinski definition) is 2. The molecule has 0 spiro atoms. The van der Waals surface area contributed by atoms with E-state index in [2.05, 4.69) is 26.1 Å². The summed E-state index contributed by atoms with van der Waals surface area (Å²) in [5.41, 5.74) is 2.70. The fourth-order valence-corrected chi connectivity index (χ4v) is 2.64. The molecule has 2 heterocycles. The maximum Gasteiger partial charge on any atom is 0.256 e. The summed E-state index contributed by atoms with van der Waals surface area (Å²) >= 11 is 3.33. The van der Waals surface area contributed by atoms with Crippen LogP contribution in [0.3, 0.4) is 0 Å². The molecule has 0 fully saturated rings. The van der Waals surface area contributed by atoms with E-state index in [0.29, 0.717) is 18.7 Å². The number of nitrogens with one attached hydrogen (secondary N) is 1. The van der Waals surface area contributed by atoms with Gasteiger partial charge in [0.1, 0.15) is 0 Å². The molecule has 0 bridgehead atoms. The van der Waals surface area contributed by atoms with Crippen LogP contribution in [0.4, 0.5) is 0 Å². The van der Waals surface area contributed by atoms with Gasteiger partial charge in [0, 0.05) is 35.2 Å². The molecular weight excluding hydrogens is 322 g/mol. The van der Waals surface area contributed by atoms with Gasteiger partial charge in [-0.3, -0.25) is 9.89 Å². The molecule has 20 heavy (non-hydrogen) atoms. The average molecular weight is 336 g/mol. The average Bonchev–Trinajstić information content (AvgIpc) is 2.94. The maximum atomic E-state index is 12.3. The van der Waals surface area contributed by atoms with Gasteiger partial charge in [0.15, 0.2) is 6.10 Å². The molecule has 1 atom stereocenters. The van der Waals surface area contributed by atoms with Gasteiger partial charge in [-0.15, -0.1) is 0 Å². The zero-order valence-corrected chi connectivity index (χ0v) is 12.3. The molecule has 6 heteroatoms. The van der Waals surface area contributed by atoms with E-state index in [0.717, 1.165) is 22.2 Å². The van der Waals surface area contributed by atoms with E-state index in [9.17, 15) is 9.90 Å². The van der Waals surface area contributed by atoms with Crippen LogP contribution in [0.15, 0.2) is 34.9 Å². The number of aliphatic hydroxyl groups excluding tert-OH is 1. The topological polar surface area (TPSA) is 69.2 Å². The predicted molar refractivity (Wildman–Crippen MR) is 76.8 cm³/mol. The first-order valence-electron chi connectivity index (χ1n) is 6.38. The van der Waals surface area contributed by atoms with Crippen LogP contribution in [0.2, 0.25) is 0 Å². The van der Waals surface area contributed by atoms with Crippen LogP contribution in [0.1, 0.15) is 22.9 Å². The van der Waals surface area contributed by atoms with E-state index in [4.69, 9.17) is 0 Å². The normalized spacial score (nSPS) is 15.8. The van der Waals surface area contributed by atoms with Crippen molar-refractivity contribution in [1.82, 2.24) is 15.1 Å². The first kappa shape index (κ1) is 13.3. The van der Waals surface area contributed by atoms with Crippen molar-refractivity contribution in [3.05, 3.63) is 51.8 Å². The summed E-state index contributed by atoms with van der Waals surface area (Å²) in [5, 5.41) is 17.1. The molecule has 3 rings (SSSR count). The van der Waals surface area contributed by atoms with Gasteiger partial charge in [-0.25, -0.2) is 0 Å². The van der Waals surface area contributed by atoms with E-state index >= 15 is 0 Å². The van der Waals surface area contributed by atoms with E-state index in [1.165, 1.54) is 0 Å². The van der Waals surface area contributed by atoms with Crippen molar-refractivity contribution in [2.75, 3.05) is 6.54 Å². The van der Waals surface area contributed by atoms with Crippen molar-refractivity contribution in [2.45, 2.75) is 19.1 Å². The van der Waals surface area contributed by atoms with Gasteiger partial charge in [0.2, 0.25) is 0 Å². The highest BCUT2D eigenvalue weighted by atomic mass is 79.9. The van der Waals surface area contributed by atoms with Crippen molar-refractivity contribution in [1.29, 1.82) is 0 Å². The molecule has 104 valence electrons. The summed E-state index contributed by atoms with van der Waals surface area (Å²) < 4.78 is 0.918. The minimum absolute atomic E-state index is 0.265. The SMILES string of the molecule is O=C(C(O)c1ccc(Br)cc1)N1CCc2[nH]ncc2C1. The fraction of sp³-hybridized carbons (Fsp3) is 0.286. The first-order chi connectivity index (χ1) is 9.65. The quantitative estimate of drug-likeness (QED) is 0.879. The molecule has 1 aliphatic heterocycles. The Morgan fingerprint density at radius 3 is 2.90 bits per heavy atom. The molecule has 0 aliphatic carbocycles. The molecule has 1 unspecified atom stereocenters. The monoisotopic (exact) mass is 335 g/mol. The molecule has 2 N–H and O–H groups in total. The fourth-order valence-electron chi connectivity index (χ4n) is 2.37. The number of hydrogen-bond acceptors (Lipinski definition) is 3. The number of halogens is 1. The lowest BCUT2D eigenvalue weighted by molar-refractivity contribution is -0.141. The molecule has 1 aromatic carbocycles. The van der Waals surface area contributed by atoms with E-state index < -0.39 is 6.10 Å². The first-order valence-corrected chi connectivity index (χ1v) is 7.18. The second-order valence-electron chi connectivity index (χ2n) is 4.84. The Hall–Kier alpha value is -1.66. The molecule has 5 nitrogen and oxygen atoms in total. The lowest BCUT2D eigenvalue weighted by Crippen LogP contribution is -2.38. The number of carbonyl (C=O) groups excluding carboxylic acids is 1. The third-order valence-electron chi connectivity index (χ3n) is 3.53. The van der Waals surface area contributed by atoms with Gasteiger partial charge in [-0.1, -0.05) is 28.1 Å². The largest absolute Gasteiger partial charge is 0.378 e. The summed E-state index contributed by atoms with van der Waals surface area (Å²) in [6.45, 7) is 1.10. The van der Waals surface area contributed by atoms with Crippen LogP contribution in [-0.4, -0.2) is 32.7 Å². The number of aliphatic hydroxyl groups is 1. The highest BCUT2D eigenvalue weighted by Gasteiger charge is 2.27. The van der Waals surface area contributed by atoms with Gasteiger partial charge >= 0.3 is 0 Å². The van der Waals surface area contributed by atoms with Crippen molar-refractivity contribution in [3.8, 4) is 0 Å². The summed E-state index contributed by atoms with van der Waals surface area (Å²) in [6, 6.07) is 7.13. The molecular formula is C14H14BrN3O2. The zero-order valence-electron chi connectivity index (χ0n) is 10.7. The molecule has 0 saturated heterocycles. The number of aromatic nitrogens is 2. The lowest BCUT2D eigenvalue weighted by atomic mass is 10.0. The molecule has 1 aromatic heterocycles. The van der Waals surface area contributed by atoms with Crippen LogP contribution >= 0.6 is 15.9 Å². The number of fused-ring (bicyclic) bond motifs is 1.